The van der Waals surface area contributed by atoms with Crippen LogP contribution in [-0.2, 0) is 17.0 Å². The van der Waals surface area contributed by atoms with E-state index in [9.17, 15) is 9.59 Å². The number of fused-ring (bicyclic) bond motifs is 1. The summed E-state index contributed by atoms with van der Waals surface area (Å²) in [4.78, 5) is 23.9. The second-order valence-electron chi connectivity index (χ2n) is 6.08. The van der Waals surface area contributed by atoms with E-state index < -0.39 is 5.63 Å². The molecule has 4 rings (SSSR count). The Kier molecular flexibility index (Phi) is 5.01. The lowest BCUT2D eigenvalue weighted by Gasteiger charge is -2.11. The maximum absolute atomic E-state index is 12.0. The first kappa shape index (κ1) is 17.6. The van der Waals surface area contributed by atoms with Crippen molar-refractivity contribution in [2.24, 2.45) is 0 Å². The van der Waals surface area contributed by atoms with Crippen LogP contribution in [0.3, 0.4) is 0 Å². The zero-order valence-corrected chi connectivity index (χ0v) is 16.1. The lowest BCUT2D eigenvalue weighted by Crippen LogP contribution is -2.24. The van der Waals surface area contributed by atoms with Crippen molar-refractivity contribution < 1.29 is 9.15 Å². The van der Waals surface area contributed by atoms with E-state index in [0.29, 0.717) is 23.0 Å². The Bertz CT molecular complexity index is 1050. The fraction of sp³-hybridized carbons (Fsp3) is 0.353. The van der Waals surface area contributed by atoms with Crippen molar-refractivity contribution in [3.8, 4) is 0 Å². The molecule has 2 aromatic heterocycles. The van der Waals surface area contributed by atoms with Gasteiger partial charge in [0.25, 0.3) is 0 Å². The third-order valence-electron chi connectivity index (χ3n) is 4.28. The predicted molar refractivity (Wildman–Crippen MR) is 102 cm³/mol. The third-order valence-corrected chi connectivity index (χ3v) is 5.80. The first-order chi connectivity index (χ1) is 12.6. The van der Waals surface area contributed by atoms with Crippen molar-refractivity contribution in [1.29, 1.82) is 0 Å². The molecule has 0 aliphatic carbocycles. The molecule has 0 spiro atoms. The van der Waals surface area contributed by atoms with Gasteiger partial charge >= 0.3 is 11.3 Å². The largest absolute Gasteiger partial charge is 0.423 e. The van der Waals surface area contributed by atoms with Crippen molar-refractivity contribution in [1.82, 2.24) is 14.8 Å². The molecule has 1 saturated heterocycles. The minimum Gasteiger partial charge on any atom is -0.423 e. The molecule has 1 fully saturated rings. The normalized spacial score (nSPS) is 17.2. The van der Waals surface area contributed by atoms with E-state index in [0.717, 1.165) is 34.9 Å². The van der Waals surface area contributed by atoms with Crippen LogP contribution in [0.4, 0.5) is 0 Å². The van der Waals surface area contributed by atoms with E-state index in [2.05, 4.69) is 26.1 Å². The maximum Gasteiger partial charge on any atom is 0.344 e. The molecule has 1 aromatic carbocycles. The van der Waals surface area contributed by atoms with Gasteiger partial charge in [-0.25, -0.2) is 14.7 Å². The molecule has 3 heterocycles. The average Bonchev–Trinajstić information content (AvgIpc) is 3.24. The Morgan fingerprint density at radius 2 is 2.23 bits per heavy atom. The van der Waals surface area contributed by atoms with Gasteiger partial charge in [0.15, 0.2) is 5.16 Å². The molecular formula is C17H16BrN3O4S. The van der Waals surface area contributed by atoms with Gasteiger partial charge in [0.1, 0.15) is 5.58 Å². The van der Waals surface area contributed by atoms with Crippen LogP contribution >= 0.6 is 27.7 Å². The van der Waals surface area contributed by atoms with Crippen molar-refractivity contribution in [2.75, 3.05) is 6.61 Å². The number of hydrogen-bond acceptors (Lipinski definition) is 6. The molecule has 0 amide bonds. The summed E-state index contributed by atoms with van der Waals surface area (Å²) in [5.74, 6) is 0.500. The van der Waals surface area contributed by atoms with E-state index >= 15 is 0 Å². The first-order valence-corrected chi connectivity index (χ1v) is 10.00. The molecule has 1 aliphatic rings. The zero-order valence-electron chi connectivity index (χ0n) is 13.7. The minimum absolute atomic E-state index is 0.0478. The number of H-pyrrole nitrogens is 1. The van der Waals surface area contributed by atoms with E-state index in [-0.39, 0.29) is 11.8 Å². The number of ether oxygens (including phenoxy) is 1. The maximum atomic E-state index is 12.0. The summed E-state index contributed by atoms with van der Waals surface area (Å²) in [7, 11) is 0. The molecule has 1 N–H and O–H groups in total. The molecule has 0 bridgehead atoms. The number of benzene rings is 1. The second kappa shape index (κ2) is 7.42. The summed E-state index contributed by atoms with van der Waals surface area (Å²) in [6.07, 6.45) is 2.01. The number of nitrogens with zero attached hydrogens (tertiary/aromatic N) is 2. The van der Waals surface area contributed by atoms with Gasteiger partial charge in [0.05, 0.1) is 12.6 Å². The van der Waals surface area contributed by atoms with Crippen LogP contribution in [0.1, 0.15) is 18.4 Å². The molecule has 26 heavy (non-hydrogen) atoms. The number of hydrogen-bond donors (Lipinski definition) is 1. The summed E-state index contributed by atoms with van der Waals surface area (Å²) in [6.45, 7) is 1.23. The highest BCUT2D eigenvalue weighted by Crippen LogP contribution is 2.27. The van der Waals surface area contributed by atoms with E-state index in [1.807, 2.05) is 12.1 Å². The molecule has 1 aliphatic heterocycles. The van der Waals surface area contributed by atoms with E-state index in [4.69, 9.17) is 9.15 Å². The Hall–Kier alpha value is -1.84. The molecule has 1 unspecified atom stereocenters. The molecule has 7 nitrogen and oxygen atoms in total. The van der Waals surface area contributed by atoms with Gasteiger partial charge in [-0.15, -0.1) is 5.10 Å². The van der Waals surface area contributed by atoms with Gasteiger partial charge in [0.2, 0.25) is 0 Å². The molecule has 0 saturated carbocycles. The lowest BCUT2D eigenvalue weighted by molar-refractivity contribution is 0.0941. The predicted octanol–water partition coefficient (Wildman–Crippen LogP) is 2.91. The van der Waals surface area contributed by atoms with Gasteiger partial charge in [-0.1, -0.05) is 27.7 Å². The van der Waals surface area contributed by atoms with Crippen LogP contribution < -0.4 is 11.3 Å². The topological polar surface area (TPSA) is 90.1 Å². The van der Waals surface area contributed by atoms with Crippen LogP contribution in [0, 0.1) is 0 Å². The minimum atomic E-state index is -0.398. The van der Waals surface area contributed by atoms with Crippen LogP contribution in [-0.4, -0.2) is 27.5 Å². The van der Waals surface area contributed by atoms with Gasteiger partial charge < -0.3 is 9.15 Å². The summed E-state index contributed by atoms with van der Waals surface area (Å²) >= 11 is 4.78. The van der Waals surface area contributed by atoms with Crippen molar-refractivity contribution >= 4 is 38.7 Å². The highest BCUT2D eigenvalue weighted by atomic mass is 79.9. The van der Waals surface area contributed by atoms with Gasteiger partial charge in [0, 0.05) is 28.3 Å². The van der Waals surface area contributed by atoms with Crippen LogP contribution in [0.2, 0.25) is 0 Å². The Morgan fingerprint density at radius 1 is 1.35 bits per heavy atom. The molecule has 0 radical (unpaired) electrons. The summed E-state index contributed by atoms with van der Waals surface area (Å²) in [5.41, 5.74) is 0.725. The number of halogens is 1. The SMILES string of the molecule is O=c1cc(CSc2n[nH]c(=O)n2CC2CCCO2)c2ccc(Br)cc2o1. The zero-order chi connectivity index (χ0) is 18.1. The Morgan fingerprint density at radius 3 is 3.04 bits per heavy atom. The smallest absolute Gasteiger partial charge is 0.344 e. The fourth-order valence-electron chi connectivity index (χ4n) is 3.03. The monoisotopic (exact) mass is 437 g/mol. The first-order valence-electron chi connectivity index (χ1n) is 8.22. The molecular weight excluding hydrogens is 422 g/mol. The molecule has 136 valence electrons. The van der Waals surface area contributed by atoms with Crippen LogP contribution in [0.25, 0.3) is 11.0 Å². The van der Waals surface area contributed by atoms with E-state index in [1.165, 1.54) is 17.8 Å². The van der Waals surface area contributed by atoms with Crippen LogP contribution in [0.5, 0.6) is 0 Å². The highest BCUT2D eigenvalue weighted by molar-refractivity contribution is 9.10. The van der Waals surface area contributed by atoms with E-state index in [1.54, 1.807) is 10.6 Å². The summed E-state index contributed by atoms with van der Waals surface area (Å²) < 4.78 is 13.3. The number of thioether (sulfide) groups is 1. The summed E-state index contributed by atoms with van der Waals surface area (Å²) in [5, 5.41) is 8.06. The fourth-order valence-corrected chi connectivity index (χ4v) is 4.32. The average molecular weight is 438 g/mol. The van der Waals surface area contributed by atoms with Gasteiger partial charge in [-0.3, -0.25) is 4.57 Å². The van der Waals surface area contributed by atoms with Gasteiger partial charge in [-0.2, -0.15) is 0 Å². The van der Waals surface area contributed by atoms with Crippen molar-refractivity contribution in [3.05, 3.63) is 55.2 Å². The Balaban J connectivity index is 1.59. The molecule has 1 atom stereocenters. The Labute approximate surface area is 160 Å². The molecule has 3 aromatic rings. The number of aromatic nitrogens is 3. The summed E-state index contributed by atoms with van der Waals surface area (Å²) in [6, 6.07) is 7.06. The van der Waals surface area contributed by atoms with Gasteiger partial charge in [-0.05, 0) is 36.6 Å². The van der Waals surface area contributed by atoms with Crippen molar-refractivity contribution in [2.45, 2.75) is 36.4 Å². The lowest BCUT2D eigenvalue weighted by atomic mass is 10.1. The number of rotatable bonds is 5. The number of nitrogens with one attached hydrogen (secondary N) is 1. The third kappa shape index (κ3) is 3.65. The second-order valence-corrected chi connectivity index (χ2v) is 7.93. The highest BCUT2D eigenvalue weighted by Gasteiger charge is 2.20. The standard InChI is InChI=1S/C17H16BrN3O4S/c18-11-3-4-13-10(6-15(22)25-14(13)7-11)9-26-17-20-19-16(23)21(17)8-12-2-1-5-24-12/h3-4,6-7,12H,1-2,5,8-9H2,(H,19,23). The van der Waals surface area contributed by atoms with Crippen molar-refractivity contribution in [3.63, 3.8) is 0 Å². The molecule has 9 heteroatoms. The van der Waals surface area contributed by atoms with Crippen LogP contribution in [0.15, 0.2) is 47.9 Å². The number of aromatic amines is 1. The quantitative estimate of drug-likeness (QED) is 0.487.